The lowest BCUT2D eigenvalue weighted by Crippen LogP contribution is -1.92. The molecule has 3 nitrogen and oxygen atoms in total. The molecule has 0 spiro atoms. The van der Waals surface area contributed by atoms with E-state index in [4.69, 9.17) is 16.3 Å². The van der Waals surface area contributed by atoms with E-state index >= 15 is 0 Å². The zero-order chi connectivity index (χ0) is 10.6. The van der Waals surface area contributed by atoms with Crippen molar-refractivity contribution < 1.29 is 9.53 Å². The maximum absolute atomic E-state index is 10.0. The van der Waals surface area contributed by atoms with Crippen LogP contribution in [0.3, 0.4) is 0 Å². The van der Waals surface area contributed by atoms with Crippen molar-refractivity contribution in [3.8, 4) is 5.75 Å². The van der Waals surface area contributed by atoms with Crippen molar-refractivity contribution in [2.24, 2.45) is 4.99 Å². The minimum Gasteiger partial charge on any atom is -0.491 e. The molecule has 1 rings (SSSR count). The number of hydrogen-bond donors (Lipinski definition) is 0. The van der Waals surface area contributed by atoms with Crippen LogP contribution >= 0.6 is 27.5 Å². The largest absolute Gasteiger partial charge is 0.491 e. The van der Waals surface area contributed by atoms with Gasteiger partial charge >= 0.3 is 0 Å². The van der Waals surface area contributed by atoms with Crippen LogP contribution in [0.25, 0.3) is 0 Å². The molecule has 14 heavy (non-hydrogen) atoms. The highest BCUT2D eigenvalue weighted by Crippen LogP contribution is 2.36. The molecule has 0 fully saturated rings. The van der Waals surface area contributed by atoms with Gasteiger partial charge < -0.3 is 4.74 Å². The monoisotopic (exact) mass is 275 g/mol. The SMILES string of the molecule is CCOc1c(Cl)cc(N=C=O)cc1Br. The van der Waals surface area contributed by atoms with Gasteiger partial charge in [-0.25, -0.2) is 4.79 Å². The van der Waals surface area contributed by atoms with Gasteiger partial charge in [-0.2, -0.15) is 4.99 Å². The maximum atomic E-state index is 10.0. The third kappa shape index (κ3) is 2.58. The minimum absolute atomic E-state index is 0.412. The summed E-state index contributed by atoms with van der Waals surface area (Å²) in [5.41, 5.74) is 0.445. The van der Waals surface area contributed by atoms with Gasteiger partial charge in [0.1, 0.15) is 0 Å². The smallest absolute Gasteiger partial charge is 0.240 e. The molecule has 0 unspecified atom stereocenters. The van der Waals surface area contributed by atoms with E-state index in [2.05, 4.69) is 20.9 Å². The molecule has 0 N–H and O–H groups in total. The van der Waals surface area contributed by atoms with Crippen LogP contribution in [-0.4, -0.2) is 12.7 Å². The molecule has 0 amide bonds. The van der Waals surface area contributed by atoms with Gasteiger partial charge in [0, 0.05) is 0 Å². The Bertz CT molecular complexity index is 365. The van der Waals surface area contributed by atoms with Crippen molar-refractivity contribution >= 4 is 39.3 Å². The zero-order valence-electron chi connectivity index (χ0n) is 7.38. The van der Waals surface area contributed by atoms with Gasteiger partial charge in [-0.05, 0) is 35.0 Å². The van der Waals surface area contributed by atoms with Crippen molar-refractivity contribution in [1.82, 2.24) is 0 Å². The molecular formula is C9H7BrClNO2. The molecule has 1 aromatic rings. The molecule has 0 atom stereocenters. The van der Waals surface area contributed by atoms with Gasteiger partial charge in [0.05, 0.1) is 21.8 Å². The summed E-state index contributed by atoms with van der Waals surface area (Å²) >= 11 is 9.17. The van der Waals surface area contributed by atoms with E-state index in [1.807, 2.05) is 6.92 Å². The number of carbonyl (C=O) groups excluding carboxylic acids is 1. The Hall–Kier alpha value is -0.830. The second-order valence-corrected chi connectivity index (χ2v) is 3.64. The predicted octanol–water partition coefficient (Wildman–Crippen LogP) is 3.47. The molecule has 0 aliphatic rings. The van der Waals surface area contributed by atoms with Crippen LogP contribution < -0.4 is 4.74 Å². The lowest BCUT2D eigenvalue weighted by atomic mass is 10.3. The average molecular weight is 277 g/mol. The first-order valence-electron chi connectivity index (χ1n) is 3.88. The maximum Gasteiger partial charge on any atom is 0.240 e. The summed E-state index contributed by atoms with van der Waals surface area (Å²) in [4.78, 5) is 13.5. The molecular weight excluding hydrogens is 269 g/mol. The van der Waals surface area contributed by atoms with Gasteiger partial charge in [-0.3, -0.25) is 0 Å². The number of aliphatic imine (C=N–C) groups is 1. The fraction of sp³-hybridized carbons (Fsp3) is 0.222. The topological polar surface area (TPSA) is 38.7 Å². The summed E-state index contributed by atoms with van der Waals surface area (Å²) in [7, 11) is 0. The molecule has 0 saturated heterocycles. The third-order valence-electron chi connectivity index (χ3n) is 1.45. The molecule has 0 saturated carbocycles. The Morgan fingerprint density at radius 1 is 1.64 bits per heavy atom. The van der Waals surface area contributed by atoms with E-state index in [1.165, 1.54) is 6.08 Å². The van der Waals surface area contributed by atoms with Gasteiger partial charge in [-0.1, -0.05) is 11.6 Å². The highest BCUT2D eigenvalue weighted by molar-refractivity contribution is 9.10. The van der Waals surface area contributed by atoms with Crippen LogP contribution in [0.4, 0.5) is 5.69 Å². The van der Waals surface area contributed by atoms with Gasteiger partial charge in [0.25, 0.3) is 0 Å². The van der Waals surface area contributed by atoms with E-state index in [0.29, 0.717) is 27.5 Å². The zero-order valence-corrected chi connectivity index (χ0v) is 9.72. The van der Waals surface area contributed by atoms with Crippen molar-refractivity contribution in [3.05, 3.63) is 21.6 Å². The Kier molecular flexibility index (Phi) is 4.14. The Morgan fingerprint density at radius 3 is 2.86 bits per heavy atom. The molecule has 0 aliphatic heterocycles. The molecule has 0 aliphatic carbocycles. The van der Waals surface area contributed by atoms with E-state index in [1.54, 1.807) is 12.1 Å². The lowest BCUT2D eigenvalue weighted by molar-refractivity contribution is 0.338. The molecule has 1 aromatic carbocycles. The number of rotatable bonds is 3. The summed E-state index contributed by atoms with van der Waals surface area (Å²) in [6, 6.07) is 3.18. The van der Waals surface area contributed by atoms with E-state index in [9.17, 15) is 4.79 Å². The number of hydrogen-bond acceptors (Lipinski definition) is 3. The summed E-state index contributed by atoms with van der Waals surface area (Å²) in [5, 5.41) is 0.412. The molecule has 0 aromatic heterocycles. The van der Waals surface area contributed by atoms with Crippen LogP contribution in [0.2, 0.25) is 5.02 Å². The molecule has 0 radical (unpaired) electrons. The van der Waals surface area contributed by atoms with Crippen LogP contribution in [0.1, 0.15) is 6.92 Å². The van der Waals surface area contributed by atoms with E-state index in [0.717, 1.165) is 0 Å². The summed E-state index contributed by atoms with van der Waals surface area (Å²) < 4.78 is 5.95. The highest BCUT2D eigenvalue weighted by Gasteiger charge is 2.08. The van der Waals surface area contributed by atoms with Crippen LogP contribution in [0.5, 0.6) is 5.75 Å². The highest BCUT2D eigenvalue weighted by atomic mass is 79.9. The Morgan fingerprint density at radius 2 is 2.36 bits per heavy atom. The fourth-order valence-corrected chi connectivity index (χ4v) is 1.89. The Labute approximate surface area is 94.9 Å². The number of ether oxygens (including phenoxy) is 1. The van der Waals surface area contributed by atoms with Gasteiger partial charge in [0.15, 0.2) is 5.75 Å². The number of isocyanates is 1. The van der Waals surface area contributed by atoms with E-state index in [-0.39, 0.29) is 0 Å². The summed E-state index contributed by atoms with van der Waals surface area (Å²) in [5.74, 6) is 0.555. The number of benzene rings is 1. The molecule has 0 heterocycles. The van der Waals surface area contributed by atoms with E-state index < -0.39 is 0 Å². The van der Waals surface area contributed by atoms with Crippen molar-refractivity contribution in [3.63, 3.8) is 0 Å². The normalized spacial score (nSPS) is 9.36. The van der Waals surface area contributed by atoms with Crippen molar-refractivity contribution in [2.45, 2.75) is 6.92 Å². The van der Waals surface area contributed by atoms with Crippen LogP contribution in [0, 0.1) is 0 Å². The fourth-order valence-electron chi connectivity index (χ4n) is 0.946. The second kappa shape index (κ2) is 5.15. The second-order valence-electron chi connectivity index (χ2n) is 2.37. The summed E-state index contributed by atoms with van der Waals surface area (Å²) in [6.07, 6.45) is 1.44. The standard InChI is InChI=1S/C9H7BrClNO2/c1-2-14-9-7(10)3-6(12-5-13)4-8(9)11/h3-4H,2H2,1H3. The molecule has 5 heteroatoms. The van der Waals surface area contributed by atoms with Crippen LogP contribution in [0.15, 0.2) is 21.6 Å². The van der Waals surface area contributed by atoms with Crippen LogP contribution in [-0.2, 0) is 4.79 Å². The first-order chi connectivity index (χ1) is 6.69. The van der Waals surface area contributed by atoms with Crippen molar-refractivity contribution in [2.75, 3.05) is 6.61 Å². The minimum atomic E-state index is 0.412. The molecule has 0 bridgehead atoms. The van der Waals surface area contributed by atoms with Crippen molar-refractivity contribution in [1.29, 1.82) is 0 Å². The quantitative estimate of drug-likeness (QED) is 0.626. The number of halogens is 2. The van der Waals surface area contributed by atoms with Gasteiger partial charge in [-0.15, -0.1) is 0 Å². The number of nitrogens with zero attached hydrogens (tertiary/aromatic N) is 1. The summed E-state index contributed by atoms with van der Waals surface area (Å²) in [6.45, 7) is 2.38. The molecule has 74 valence electrons. The first-order valence-corrected chi connectivity index (χ1v) is 5.05. The first kappa shape index (κ1) is 11.2. The Balaban J connectivity index is 3.17. The predicted molar refractivity (Wildman–Crippen MR) is 58.1 cm³/mol. The average Bonchev–Trinajstić information content (AvgIpc) is 2.12. The van der Waals surface area contributed by atoms with Gasteiger partial charge in [0.2, 0.25) is 6.08 Å². The third-order valence-corrected chi connectivity index (χ3v) is 2.32. The lowest BCUT2D eigenvalue weighted by Gasteiger charge is -2.07.